The molecule has 19 heavy (non-hydrogen) atoms. The number of carbonyl (C=O) groups excluding carboxylic acids is 1. The summed E-state index contributed by atoms with van der Waals surface area (Å²) in [6.45, 7) is 3.79. The van der Waals surface area contributed by atoms with E-state index in [-0.39, 0.29) is 30.4 Å². The van der Waals surface area contributed by atoms with Gasteiger partial charge in [-0.2, -0.15) is 0 Å². The van der Waals surface area contributed by atoms with E-state index in [4.69, 9.17) is 4.74 Å². The highest BCUT2D eigenvalue weighted by Crippen LogP contribution is 2.32. The summed E-state index contributed by atoms with van der Waals surface area (Å²) in [5, 5.41) is 11.0. The fourth-order valence-corrected chi connectivity index (χ4v) is 1.75. The largest absolute Gasteiger partial charge is 0.487 e. The van der Waals surface area contributed by atoms with E-state index < -0.39 is 4.92 Å². The van der Waals surface area contributed by atoms with Crippen LogP contribution in [0.1, 0.15) is 24.0 Å². The maximum absolute atomic E-state index is 11.0. The molecule has 0 fully saturated rings. The lowest BCUT2D eigenvalue weighted by molar-refractivity contribution is -0.386. The van der Waals surface area contributed by atoms with Gasteiger partial charge in [0.25, 0.3) is 0 Å². The number of carbonyl (C=O) groups is 1. The van der Waals surface area contributed by atoms with Crippen molar-refractivity contribution in [3.8, 4) is 5.75 Å². The standard InChI is InChI=1S/C13H17NO5/c1-9-7-10(2)13(11(8-9)14(16)17)19-6-4-5-12(15)18-3/h7-8H,4-6H2,1-3H3. The van der Waals surface area contributed by atoms with Gasteiger partial charge in [0.05, 0.1) is 18.6 Å². The number of rotatable bonds is 6. The predicted molar refractivity (Wildman–Crippen MR) is 69.3 cm³/mol. The van der Waals surface area contributed by atoms with E-state index in [0.29, 0.717) is 12.0 Å². The first-order valence-corrected chi connectivity index (χ1v) is 5.91. The van der Waals surface area contributed by atoms with Crippen molar-refractivity contribution < 1.29 is 19.2 Å². The summed E-state index contributed by atoms with van der Waals surface area (Å²) in [4.78, 5) is 21.4. The van der Waals surface area contributed by atoms with Crippen molar-refractivity contribution in [3.63, 3.8) is 0 Å². The van der Waals surface area contributed by atoms with Crippen LogP contribution in [0.4, 0.5) is 5.69 Å². The molecule has 6 heteroatoms. The lowest BCUT2D eigenvalue weighted by atomic mass is 10.1. The number of methoxy groups -OCH3 is 1. The lowest BCUT2D eigenvalue weighted by Crippen LogP contribution is -2.06. The molecule has 1 aromatic rings. The van der Waals surface area contributed by atoms with Crippen LogP contribution in [0.15, 0.2) is 12.1 Å². The third kappa shape index (κ3) is 4.24. The molecule has 0 saturated heterocycles. The minimum absolute atomic E-state index is 0.0458. The third-order valence-electron chi connectivity index (χ3n) is 2.60. The van der Waals surface area contributed by atoms with Gasteiger partial charge in [0.15, 0.2) is 5.75 Å². The summed E-state index contributed by atoms with van der Waals surface area (Å²) in [5.74, 6) is -0.0563. The van der Waals surface area contributed by atoms with Gasteiger partial charge in [-0.1, -0.05) is 6.07 Å². The van der Waals surface area contributed by atoms with Crippen LogP contribution in [-0.2, 0) is 9.53 Å². The Balaban J connectivity index is 2.72. The SMILES string of the molecule is COC(=O)CCCOc1c(C)cc(C)cc1[N+](=O)[O-]. The Labute approximate surface area is 111 Å². The second kappa shape index (κ2) is 6.72. The van der Waals surface area contributed by atoms with Crippen molar-refractivity contribution in [2.24, 2.45) is 0 Å². The fourth-order valence-electron chi connectivity index (χ4n) is 1.75. The van der Waals surface area contributed by atoms with Gasteiger partial charge >= 0.3 is 11.7 Å². The molecule has 0 aliphatic rings. The molecule has 0 aromatic heterocycles. The van der Waals surface area contributed by atoms with Crippen LogP contribution in [0.25, 0.3) is 0 Å². The molecule has 0 unspecified atom stereocenters. The van der Waals surface area contributed by atoms with Gasteiger partial charge in [0.1, 0.15) is 0 Å². The zero-order valence-electron chi connectivity index (χ0n) is 11.3. The molecule has 0 spiro atoms. The minimum atomic E-state index is -0.463. The molecular formula is C13H17NO5. The Morgan fingerprint density at radius 3 is 2.63 bits per heavy atom. The molecule has 0 aliphatic heterocycles. The van der Waals surface area contributed by atoms with E-state index in [1.807, 2.05) is 6.07 Å². The van der Waals surface area contributed by atoms with Crippen molar-refractivity contribution in [2.75, 3.05) is 13.7 Å². The first-order valence-electron chi connectivity index (χ1n) is 5.91. The predicted octanol–water partition coefficient (Wildman–Crippen LogP) is 2.54. The van der Waals surface area contributed by atoms with Crippen LogP contribution in [0, 0.1) is 24.0 Å². The number of hydrogen-bond acceptors (Lipinski definition) is 5. The molecule has 0 amide bonds. The highest BCUT2D eigenvalue weighted by molar-refractivity contribution is 5.69. The average molecular weight is 267 g/mol. The molecule has 6 nitrogen and oxygen atoms in total. The number of esters is 1. The molecule has 0 atom stereocenters. The van der Waals surface area contributed by atoms with Crippen LogP contribution in [0.2, 0.25) is 0 Å². The molecule has 0 saturated carbocycles. The number of aryl methyl sites for hydroxylation is 2. The number of hydrogen-bond donors (Lipinski definition) is 0. The number of benzene rings is 1. The van der Waals surface area contributed by atoms with E-state index in [0.717, 1.165) is 5.56 Å². The van der Waals surface area contributed by atoms with E-state index in [1.54, 1.807) is 13.8 Å². The maximum Gasteiger partial charge on any atom is 0.311 e. The topological polar surface area (TPSA) is 78.7 Å². The van der Waals surface area contributed by atoms with E-state index in [2.05, 4.69) is 4.74 Å². The summed E-state index contributed by atoms with van der Waals surface area (Å²) >= 11 is 0. The summed E-state index contributed by atoms with van der Waals surface area (Å²) in [7, 11) is 1.32. The minimum Gasteiger partial charge on any atom is -0.487 e. The highest BCUT2D eigenvalue weighted by Gasteiger charge is 2.18. The zero-order chi connectivity index (χ0) is 14.4. The summed E-state index contributed by atoms with van der Waals surface area (Å²) < 4.78 is 9.93. The molecule has 0 radical (unpaired) electrons. The fraction of sp³-hybridized carbons (Fsp3) is 0.462. The van der Waals surface area contributed by atoms with Gasteiger partial charge in [-0.05, 0) is 31.4 Å². The average Bonchev–Trinajstić information content (AvgIpc) is 2.35. The smallest absolute Gasteiger partial charge is 0.311 e. The third-order valence-corrected chi connectivity index (χ3v) is 2.60. The van der Waals surface area contributed by atoms with Crippen LogP contribution in [-0.4, -0.2) is 24.6 Å². The Kier molecular flexibility index (Phi) is 5.29. The second-order valence-electron chi connectivity index (χ2n) is 4.22. The molecule has 0 aliphatic carbocycles. The van der Waals surface area contributed by atoms with E-state index in [1.165, 1.54) is 13.2 Å². The molecular weight excluding hydrogens is 250 g/mol. The molecule has 104 valence electrons. The van der Waals surface area contributed by atoms with Crippen LogP contribution < -0.4 is 4.74 Å². The Hall–Kier alpha value is -2.11. The van der Waals surface area contributed by atoms with Crippen LogP contribution in [0.3, 0.4) is 0 Å². The quantitative estimate of drug-likeness (QED) is 0.342. The van der Waals surface area contributed by atoms with E-state index >= 15 is 0 Å². The Morgan fingerprint density at radius 2 is 2.05 bits per heavy atom. The molecule has 0 heterocycles. The first-order chi connectivity index (χ1) is 8.95. The molecule has 1 aromatic carbocycles. The highest BCUT2D eigenvalue weighted by atomic mass is 16.6. The van der Waals surface area contributed by atoms with E-state index in [9.17, 15) is 14.9 Å². The van der Waals surface area contributed by atoms with Crippen molar-refractivity contribution in [2.45, 2.75) is 26.7 Å². The van der Waals surface area contributed by atoms with Crippen molar-refractivity contribution in [1.29, 1.82) is 0 Å². The van der Waals surface area contributed by atoms with Crippen molar-refractivity contribution in [3.05, 3.63) is 33.4 Å². The first kappa shape index (κ1) is 14.9. The second-order valence-corrected chi connectivity index (χ2v) is 4.22. The summed E-state index contributed by atoms with van der Waals surface area (Å²) in [6.07, 6.45) is 0.687. The number of nitro groups is 1. The van der Waals surface area contributed by atoms with Gasteiger partial charge in [-0.15, -0.1) is 0 Å². The number of ether oxygens (including phenoxy) is 2. The summed E-state index contributed by atoms with van der Waals surface area (Å²) in [5.41, 5.74) is 1.48. The lowest BCUT2D eigenvalue weighted by Gasteiger charge is -2.10. The van der Waals surface area contributed by atoms with Crippen molar-refractivity contribution in [1.82, 2.24) is 0 Å². The van der Waals surface area contributed by atoms with Gasteiger partial charge < -0.3 is 9.47 Å². The molecule has 0 bridgehead atoms. The van der Waals surface area contributed by atoms with Gasteiger partial charge in [-0.3, -0.25) is 14.9 Å². The molecule has 1 rings (SSSR count). The molecule has 0 N–H and O–H groups in total. The maximum atomic E-state index is 11.0. The van der Waals surface area contributed by atoms with Crippen molar-refractivity contribution >= 4 is 11.7 Å². The normalized spacial score (nSPS) is 10.1. The monoisotopic (exact) mass is 267 g/mol. The Morgan fingerprint density at radius 1 is 1.37 bits per heavy atom. The zero-order valence-corrected chi connectivity index (χ0v) is 11.3. The van der Waals surface area contributed by atoms with Crippen LogP contribution >= 0.6 is 0 Å². The van der Waals surface area contributed by atoms with Gasteiger partial charge in [-0.25, -0.2) is 0 Å². The van der Waals surface area contributed by atoms with Gasteiger partial charge in [0.2, 0.25) is 0 Å². The number of nitro benzene ring substituents is 1. The van der Waals surface area contributed by atoms with Crippen LogP contribution in [0.5, 0.6) is 5.75 Å². The number of nitrogens with zero attached hydrogens (tertiary/aromatic N) is 1. The van der Waals surface area contributed by atoms with Gasteiger partial charge in [0, 0.05) is 12.5 Å². The Bertz CT molecular complexity index is 484. The summed E-state index contributed by atoms with van der Waals surface area (Å²) in [6, 6.07) is 3.30.